The first kappa shape index (κ1) is 30.3. The van der Waals surface area contributed by atoms with Crippen LogP contribution < -0.4 is 0 Å². The van der Waals surface area contributed by atoms with Crippen molar-refractivity contribution in [2.75, 3.05) is 58.9 Å². The van der Waals surface area contributed by atoms with Crippen molar-refractivity contribution >= 4 is 0 Å². The first-order valence-electron chi connectivity index (χ1n) is 9.21. The average Bonchev–Trinajstić information content (AvgIpc) is 2.54. The molecule has 0 aliphatic heterocycles. The zero-order valence-electron chi connectivity index (χ0n) is 17.1. The van der Waals surface area contributed by atoms with E-state index in [1.807, 2.05) is 0 Å². The molecule has 0 unspecified atom stereocenters. The molecule has 0 aliphatic rings. The van der Waals surface area contributed by atoms with Gasteiger partial charge in [-0.15, -0.1) is 0 Å². The molecule has 0 spiro atoms. The molecular formula is C18H45CrN3. The Morgan fingerprint density at radius 3 is 0.409 bits per heavy atom. The van der Waals surface area contributed by atoms with Crippen molar-refractivity contribution in [3.8, 4) is 0 Å². The van der Waals surface area contributed by atoms with Crippen molar-refractivity contribution < 1.29 is 17.4 Å². The summed E-state index contributed by atoms with van der Waals surface area (Å²) in [4.78, 5) is 7.12. The van der Waals surface area contributed by atoms with E-state index in [-0.39, 0.29) is 17.4 Å². The summed E-state index contributed by atoms with van der Waals surface area (Å²) in [7, 11) is 0. The Bertz CT molecular complexity index is 111. The van der Waals surface area contributed by atoms with Crippen LogP contribution in [-0.4, -0.2) is 73.6 Å². The summed E-state index contributed by atoms with van der Waals surface area (Å²) in [6.07, 6.45) is 0. The van der Waals surface area contributed by atoms with Gasteiger partial charge in [0.05, 0.1) is 0 Å². The molecule has 3 nitrogen and oxygen atoms in total. The zero-order valence-corrected chi connectivity index (χ0v) is 18.4. The first-order valence-corrected chi connectivity index (χ1v) is 9.21. The molecule has 0 saturated carbocycles. The van der Waals surface area contributed by atoms with Gasteiger partial charge >= 0.3 is 0 Å². The maximum atomic E-state index is 2.38. The van der Waals surface area contributed by atoms with Crippen molar-refractivity contribution in [3.63, 3.8) is 0 Å². The number of hydrogen-bond donors (Lipinski definition) is 0. The standard InChI is InChI=1S/3C6H15N.Cr/c3*1-4-7(5-2)6-3;/h3*4-6H2,1-3H3;. The number of rotatable bonds is 9. The van der Waals surface area contributed by atoms with Crippen LogP contribution >= 0.6 is 0 Å². The fraction of sp³-hybridized carbons (Fsp3) is 1.00. The van der Waals surface area contributed by atoms with Gasteiger partial charge in [0.2, 0.25) is 0 Å². The molecule has 0 amide bonds. The second kappa shape index (κ2) is 26.3. The molecule has 0 bridgehead atoms. The molecule has 0 fully saturated rings. The van der Waals surface area contributed by atoms with Crippen LogP contribution in [0.15, 0.2) is 0 Å². The van der Waals surface area contributed by atoms with E-state index in [9.17, 15) is 0 Å². The summed E-state index contributed by atoms with van der Waals surface area (Å²) in [6.45, 7) is 30.4. The Labute approximate surface area is 153 Å². The van der Waals surface area contributed by atoms with E-state index >= 15 is 0 Å². The topological polar surface area (TPSA) is 9.72 Å². The molecule has 0 saturated heterocycles. The summed E-state index contributed by atoms with van der Waals surface area (Å²) in [6, 6.07) is 0. The minimum atomic E-state index is 0. The summed E-state index contributed by atoms with van der Waals surface area (Å²) in [5, 5.41) is 0. The van der Waals surface area contributed by atoms with Gasteiger partial charge in [-0.05, 0) is 58.9 Å². The van der Waals surface area contributed by atoms with E-state index in [0.717, 1.165) is 0 Å². The monoisotopic (exact) mass is 355 g/mol. The van der Waals surface area contributed by atoms with E-state index in [4.69, 9.17) is 0 Å². The molecule has 0 N–H and O–H groups in total. The molecule has 22 heavy (non-hydrogen) atoms. The Morgan fingerprint density at radius 2 is 0.409 bits per heavy atom. The normalized spacial score (nSPS) is 9.82. The maximum Gasteiger partial charge on any atom is 0 e. The predicted molar refractivity (Wildman–Crippen MR) is 100 cm³/mol. The van der Waals surface area contributed by atoms with Gasteiger partial charge in [0.1, 0.15) is 0 Å². The maximum absolute atomic E-state index is 2.38. The van der Waals surface area contributed by atoms with Crippen molar-refractivity contribution in [1.82, 2.24) is 14.7 Å². The predicted octanol–water partition coefficient (Wildman–Crippen LogP) is 4.04. The van der Waals surface area contributed by atoms with Gasteiger partial charge in [0.15, 0.2) is 0 Å². The van der Waals surface area contributed by atoms with Crippen LogP contribution in [0.1, 0.15) is 62.3 Å². The van der Waals surface area contributed by atoms with Crippen LogP contribution in [0.5, 0.6) is 0 Å². The van der Waals surface area contributed by atoms with Crippen LogP contribution in [-0.2, 0) is 17.4 Å². The zero-order chi connectivity index (χ0) is 17.1. The fourth-order valence-corrected chi connectivity index (χ4v) is 2.01. The van der Waals surface area contributed by atoms with Gasteiger partial charge < -0.3 is 14.7 Å². The summed E-state index contributed by atoms with van der Waals surface area (Å²) in [5.41, 5.74) is 0. The van der Waals surface area contributed by atoms with Gasteiger partial charge in [-0.25, -0.2) is 0 Å². The largest absolute Gasteiger partial charge is 0.304 e. The molecule has 0 heterocycles. The SMILES string of the molecule is CCN(CC)CC.CCN(CC)CC.CCN(CC)CC.[Cr]. The summed E-state index contributed by atoms with van der Waals surface area (Å²) in [5.74, 6) is 0. The smallest absolute Gasteiger partial charge is 0 e. The second-order valence-corrected chi connectivity index (χ2v) is 4.86. The van der Waals surface area contributed by atoms with Gasteiger partial charge in [0, 0.05) is 17.4 Å². The molecule has 0 aromatic carbocycles. The third-order valence-corrected chi connectivity index (χ3v) is 4.02. The van der Waals surface area contributed by atoms with Crippen molar-refractivity contribution in [2.45, 2.75) is 62.3 Å². The number of nitrogens with zero attached hydrogens (tertiary/aromatic N) is 3. The van der Waals surface area contributed by atoms with Gasteiger partial charge in [0.25, 0.3) is 0 Å². The van der Waals surface area contributed by atoms with Crippen LogP contribution in [0.4, 0.5) is 0 Å². The van der Waals surface area contributed by atoms with E-state index in [0.29, 0.717) is 0 Å². The van der Waals surface area contributed by atoms with E-state index in [1.165, 1.54) is 58.9 Å². The van der Waals surface area contributed by atoms with Crippen molar-refractivity contribution in [3.05, 3.63) is 0 Å². The Morgan fingerprint density at radius 1 is 0.318 bits per heavy atom. The summed E-state index contributed by atoms with van der Waals surface area (Å²) >= 11 is 0. The molecule has 0 aromatic heterocycles. The van der Waals surface area contributed by atoms with Crippen LogP contribution in [0, 0.1) is 0 Å². The molecule has 0 radical (unpaired) electrons. The molecule has 0 atom stereocenters. The van der Waals surface area contributed by atoms with E-state index in [1.54, 1.807) is 0 Å². The molecule has 4 heteroatoms. The van der Waals surface area contributed by atoms with E-state index < -0.39 is 0 Å². The van der Waals surface area contributed by atoms with E-state index in [2.05, 4.69) is 77.0 Å². The molecule has 0 aliphatic carbocycles. The van der Waals surface area contributed by atoms with Gasteiger partial charge in [-0.1, -0.05) is 62.3 Å². The third kappa shape index (κ3) is 22.7. The molecule has 0 aromatic rings. The Hall–Kier alpha value is 0.412. The molecule has 0 rings (SSSR count). The Balaban J connectivity index is -0.000000108. The van der Waals surface area contributed by atoms with Gasteiger partial charge in [-0.3, -0.25) is 0 Å². The fourth-order valence-electron chi connectivity index (χ4n) is 2.01. The minimum Gasteiger partial charge on any atom is -0.304 e. The average molecular weight is 356 g/mol. The quantitative estimate of drug-likeness (QED) is 0.618. The van der Waals surface area contributed by atoms with Crippen LogP contribution in [0.2, 0.25) is 0 Å². The molecule has 138 valence electrons. The van der Waals surface area contributed by atoms with Crippen molar-refractivity contribution in [2.24, 2.45) is 0 Å². The Kier molecular flexibility index (Phi) is 36.3. The van der Waals surface area contributed by atoms with Crippen LogP contribution in [0.3, 0.4) is 0 Å². The van der Waals surface area contributed by atoms with Crippen molar-refractivity contribution in [1.29, 1.82) is 0 Å². The first-order chi connectivity index (χ1) is 10.0. The summed E-state index contributed by atoms with van der Waals surface area (Å²) < 4.78 is 0. The minimum absolute atomic E-state index is 0. The molecular weight excluding hydrogens is 310 g/mol. The van der Waals surface area contributed by atoms with Crippen LogP contribution in [0.25, 0.3) is 0 Å². The third-order valence-electron chi connectivity index (χ3n) is 4.02. The van der Waals surface area contributed by atoms with Gasteiger partial charge in [-0.2, -0.15) is 0 Å². The second-order valence-electron chi connectivity index (χ2n) is 4.86. The number of hydrogen-bond acceptors (Lipinski definition) is 3.